The van der Waals surface area contributed by atoms with Gasteiger partial charge in [0.15, 0.2) is 0 Å². The summed E-state index contributed by atoms with van der Waals surface area (Å²) in [5, 5.41) is 0. The predicted molar refractivity (Wildman–Crippen MR) is 73.8 cm³/mol. The first kappa shape index (κ1) is 12.7. The molecule has 1 aromatic heterocycles. The van der Waals surface area contributed by atoms with E-state index in [-0.39, 0.29) is 5.69 Å². The minimum Gasteiger partial charge on any atom is -0.310 e. The minimum atomic E-state index is -0.00893. The van der Waals surface area contributed by atoms with Gasteiger partial charge >= 0.3 is 5.69 Å². The molecule has 3 nitrogen and oxygen atoms in total. The molecule has 2 aromatic rings. The lowest BCUT2D eigenvalue weighted by Crippen LogP contribution is -2.16. The van der Waals surface area contributed by atoms with Gasteiger partial charge in [0.1, 0.15) is 0 Å². The number of hydrogen-bond donors (Lipinski definition) is 1. The molecule has 0 aliphatic carbocycles. The quantitative estimate of drug-likeness (QED) is 0.779. The Kier molecular flexibility index (Phi) is 4.40. The van der Waals surface area contributed by atoms with Crippen molar-refractivity contribution in [3.63, 3.8) is 0 Å². The van der Waals surface area contributed by atoms with Gasteiger partial charge in [0.25, 0.3) is 0 Å². The van der Waals surface area contributed by atoms with Gasteiger partial charge in [-0.15, -0.1) is 0 Å². The first-order valence-electron chi connectivity index (χ1n) is 6.62. The molecule has 1 aromatic carbocycles. The highest BCUT2D eigenvalue weighted by atomic mass is 16.1. The Balaban J connectivity index is 2.03. The summed E-state index contributed by atoms with van der Waals surface area (Å²) in [7, 11) is 0. The summed E-state index contributed by atoms with van der Waals surface area (Å²) in [6.45, 7) is 2.83. The van der Waals surface area contributed by atoms with Gasteiger partial charge in [0.05, 0.1) is 6.54 Å². The molecule has 0 bridgehead atoms. The fourth-order valence-electron chi connectivity index (χ4n) is 2.08. The number of nitrogens with one attached hydrogen (secondary N) is 1. The predicted octanol–water partition coefficient (Wildman–Crippen LogP) is 2.96. The molecule has 0 fully saturated rings. The van der Waals surface area contributed by atoms with Crippen molar-refractivity contribution in [1.29, 1.82) is 0 Å². The number of rotatable bonds is 6. The molecule has 3 heteroatoms. The van der Waals surface area contributed by atoms with E-state index in [4.69, 9.17) is 0 Å². The van der Waals surface area contributed by atoms with E-state index in [2.05, 4.69) is 11.9 Å². The van der Waals surface area contributed by atoms with Gasteiger partial charge in [0, 0.05) is 11.9 Å². The summed E-state index contributed by atoms with van der Waals surface area (Å²) in [5.41, 5.74) is 2.19. The highest BCUT2D eigenvalue weighted by Crippen LogP contribution is 2.05. The summed E-state index contributed by atoms with van der Waals surface area (Å²) < 4.78 is 1.75. The number of imidazole rings is 1. The van der Waals surface area contributed by atoms with Gasteiger partial charge in [-0.1, -0.05) is 50.1 Å². The second kappa shape index (κ2) is 6.24. The maximum atomic E-state index is 11.8. The largest absolute Gasteiger partial charge is 0.326 e. The molecule has 18 heavy (non-hydrogen) atoms. The smallest absolute Gasteiger partial charge is 0.310 e. The average Bonchev–Trinajstić information content (AvgIpc) is 2.72. The molecule has 0 amide bonds. The minimum absolute atomic E-state index is 0.00893. The third-order valence-electron chi connectivity index (χ3n) is 3.09. The molecule has 1 heterocycles. The first-order chi connectivity index (χ1) is 8.79. The lowest BCUT2D eigenvalue weighted by atomic mass is 10.2. The SMILES string of the molecule is CCCCCc1cn(Cc2ccccc2)c(=O)[nH]1. The van der Waals surface area contributed by atoms with E-state index in [0.717, 1.165) is 24.1 Å². The topological polar surface area (TPSA) is 37.8 Å². The number of nitrogens with zero attached hydrogens (tertiary/aromatic N) is 1. The van der Waals surface area contributed by atoms with E-state index < -0.39 is 0 Å². The highest BCUT2D eigenvalue weighted by molar-refractivity contribution is 5.15. The van der Waals surface area contributed by atoms with E-state index in [1.54, 1.807) is 4.57 Å². The molecule has 0 saturated heterocycles. The molecular formula is C15H20N2O. The number of H-pyrrole nitrogens is 1. The molecule has 0 atom stereocenters. The Morgan fingerprint density at radius 2 is 1.94 bits per heavy atom. The first-order valence-corrected chi connectivity index (χ1v) is 6.62. The van der Waals surface area contributed by atoms with Crippen LogP contribution in [0.25, 0.3) is 0 Å². The number of unbranched alkanes of at least 4 members (excludes halogenated alkanes) is 2. The van der Waals surface area contributed by atoms with Crippen molar-refractivity contribution < 1.29 is 0 Å². The van der Waals surface area contributed by atoms with Crippen LogP contribution in [0.3, 0.4) is 0 Å². The summed E-state index contributed by atoms with van der Waals surface area (Å²) >= 11 is 0. The summed E-state index contributed by atoms with van der Waals surface area (Å²) in [6, 6.07) is 10.1. The maximum absolute atomic E-state index is 11.8. The molecule has 0 unspecified atom stereocenters. The number of aryl methyl sites for hydroxylation is 1. The van der Waals surface area contributed by atoms with Crippen molar-refractivity contribution >= 4 is 0 Å². The van der Waals surface area contributed by atoms with Crippen molar-refractivity contribution in [1.82, 2.24) is 9.55 Å². The summed E-state index contributed by atoms with van der Waals surface area (Å²) in [4.78, 5) is 14.7. The van der Waals surface area contributed by atoms with E-state index in [1.807, 2.05) is 36.5 Å². The van der Waals surface area contributed by atoms with E-state index in [0.29, 0.717) is 6.54 Å². The molecule has 0 saturated carbocycles. The van der Waals surface area contributed by atoms with Gasteiger partial charge in [-0.2, -0.15) is 0 Å². The van der Waals surface area contributed by atoms with Crippen LogP contribution in [0.4, 0.5) is 0 Å². The molecule has 0 aliphatic rings. The Hall–Kier alpha value is -1.77. The standard InChI is InChI=1S/C15H20N2O/c1-2-3-5-10-14-12-17(15(18)16-14)11-13-8-6-4-7-9-13/h4,6-9,12H,2-3,5,10-11H2,1H3,(H,16,18). The van der Waals surface area contributed by atoms with Gasteiger partial charge in [-0.3, -0.25) is 4.57 Å². The molecule has 96 valence electrons. The van der Waals surface area contributed by atoms with Crippen LogP contribution in [0, 0.1) is 0 Å². The zero-order chi connectivity index (χ0) is 12.8. The highest BCUT2D eigenvalue weighted by Gasteiger charge is 2.03. The lowest BCUT2D eigenvalue weighted by molar-refractivity contribution is 0.708. The number of hydrogen-bond acceptors (Lipinski definition) is 1. The van der Waals surface area contributed by atoms with Crippen LogP contribution < -0.4 is 5.69 Å². The van der Waals surface area contributed by atoms with Crippen LogP contribution >= 0.6 is 0 Å². The van der Waals surface area contributed by atoms with Crippen LogP contribution in [-0.4, -0.2) is 9.55 Å². The third kappa shape index (κ3) is 3.36. The zero-order valence-electron chi connectivity index (χ0n) is 10.9. The van der Waals surface area contributed by atoms with Crippen molar-refractivity contribution in [3.05, 3.63) is 58.3 Å². The molecular weight excluding hydrogens is 224 g/mol. The Morgan fingerprint density at radius 3 is 2.67 bits per heavy atom. The molecule has 0 spiro atoms. The maximum Gasteiger partial charge on any atom is 0.326 e. The Bertz CT molecular complexity index is 525. The van der Waals surface area contributed by atoms with Crippen LogP contribution in [0.5, 0.6) is 0 Å². The van der Waals surface area contributed by atoms with Gasteiger partial charge in [-0.05, 0) is 18.4 Å². The number of aromatic nitrogens is 2. The van der Waals surface area contributed by atoms with E-state index in [9.17, 15) is 4.79 Å². The van der Waals surface area contributed by atoms with Gasteiger partial charge in [0.2, 0.25) is 0 Å². The Labute approximate surface area is 107 Å². The average molecular weight is 244 g/mol. The fraction of sp³-hybridized carbons (Fsp3) is 0.400. The van der Waals surface area contributed by atoms with Gasteiger partial charge < -0.3 is 4.98 Å². The van der Waals surface area contributed by atoms with Crippen LogP contribution in [-0.2, 0) is 13.0 Å². The molecule has 0 radical (unpaired) electrons. The van der Waals surface area contributed by atoms with Crippen LogP contribution in [0.15, 0.2) is 41.3 Å². The molecule has 0 aliphatic heterocycles. The van der Waals surface area contributed by atoms with Crippen molar-refractivity contribution in [3.8, 4) is 0 Å². The number of aromatic amines is 1. The van der Waals surface area contributed by atoms with Crippen LogP contribution in [0.2, 0.25) is 0 Å². The van der Waals surface area contributed by atoms with Gasteiger partial charge in [-0.25, -0.2) is 4.79 Å². The summed E-state index contributed by atoms with van der Waals surface area (Å²) in [5.74, 6) is 0. The van der Waals surface area contributed by atoms with Crippen molar-refractivity contribution in [2.24, 2.45) is 0 Å². The van der Waals surface area contributed by atoms with Crippen LogP contribution in [0.1, 0.15) is 37.4 Å². The lowest BCUT2D eigenvalue weighted by Gasteiger charge is -2.00. The third-order valence-corrected chi connectivity index (χ3v) is 3.09. The van der Waals surface area contributed by atoms with Crippen molar-refractivity contribution in [2.45, 2.75) is 39.2 Å². The molecule has 1 N–H and O–H groups in total. The molecule has 2 rings (SSSR count). The van der Waals surface area contributed by atoms with E-state index >= 15 is 0 Å². The monoisotopic (exact) mass is 244 g/mol. The zero-order valence-corrected chi connectivity index (χ0v) is 10.9. The second-order valence-corrected chi connectivity index (χ2v) is 4.66. The summed E-state index contributed by atoms with van der Waals surface area (Å²) in [6.07, 6.45) is 6.47. The number of benzene rings is 1. The fourth-order valence-corrected chi connectivity index (χ4v) is 2.08. The Morgan fingerprint density at radius 1 is 1.17 bits per heavy atom. The van der Waals surface area contributed by atoms with Crippen molar-refractivity contribution in [2.75, 3.05) is 0 Å². The van der Waals surface area contributed by atoms with E-state index in [1.165, 1.54) is 12.8 Å². The second-order valence-electron chi connectivity index (χ2n) is 4.66. The normalized spacial score (nSPS) is 10.7.